The fourth-order valence-electron chi connectivity index (χ4n) is 2.26. The van der Waals surface area contributed by atoms with E-state index in [2.05, 4.69) is 0 Å². The average molecular weight is 293 g/mol. The molecule has 0 aromatic heterocycles. The first kappa shape index (κ1) is 15.4. The highest BCUT2D eigenvalue weighted by Gasteiger charge is 2.29. The number of hydrogen-bond acceptors (Lipinski definition) is 3. The maximum absolute atomic E-state index is 13.5. The van der Waals surface area contributed by atoms with Crippen molar-refractivity contribution in [3.8, 4) is 0 Å². The Morgan fingerprint density at radius 2 is 2.10 bits per heavy atom. The normalized spacial score (nSPS) is 16.6. The van der Waals surface area contributed by atoms with E-state index in [1.165, 1.54) is 17.0 Å². The van der Waals surface area contributed by atoms with Gasteiger partial charge in [-0.3, -0.25) is 4.90 Å². The Bertz CT molecular complexity index is 575. The summed E-state index contributed by atoms with van der Waals surface area (Å²) in [6.45, 7) is 5.92. The smallest absolute Gasteiger partial charge is 0.414 e. The first-order valence-corrected chi connectivity index (χ1v) is 6.84. The molecule has 21 heavy (non-hydrogen) atoms. The topological polar surface area (TPSA) is 38.8 Å². The predicted octanol–water partition coefficient (Wildman–Crippen LogP) is 3.96. The minimum Gasteiger partial charge on any atom is -0.504 e. The second kappa shape index (κ2) is 5.76. The van der Waals surface area contributed by atoms with Crippen LogP contribution in [0.1, 0.15) is 32.8 Å². The molecular formula is C16H20FNO3. The van der Waals surface area contributed by atoms with Crippen molar-refractivity contribution in [1.82, 2.24) is 0 Å². The molecule has 0 N–H and O–H groups in total. The largest absolute Gasteiger partial charge is 0.504 e. The van der Waals surface area contributed by atoms with Crippen molar-refractivity contribution in [2.75, 3.05) is 18.6 Å². The van der Waals surface area contributed by atoms with E-state index in [0.717, 1.165) is 5.57 Å². The maximum Gasteiger partial charge on any atom is 0.414 e. The Labute approximate surface area is 124 Å². The summed E-state index contributed by atoms with van der Waals surface area (Å²) in [4.78, 5) is 13.8. The molecule has 114 valence electrons. The zero-order valence-corrected chi connectivity index (χ0v) is 12.8. The van der Waals surface area contributed by atoms with Gasteiger partial charge < -0.3 is 9.47 Å². The highest BCUT2D eigenvalue weighted by atomic mass is 19.1. The van der Waals surface area contributed by atoms with Crippen LogP contribution in [0.2, 0.25) is 0 Å². The van der Waals surface area contributed by atoms with Gasteiger partial charge in [0.05, 0.1) is 19.1 Å². The van der Waals surface area contributed by atoms with Crippen LogP contribution in [0.3, 0.4) is 0 Å². The molecular weight excluding hydrogens is 273 g/mol. The zero-order valence-electron chi connectivity index (χ0n) is 12.8. The monoisotopic (exact) mass is 293 g/mol. The zero-order chi connectivity index (χ0) is 15.6. The van der Waals surface area contributed by atoms with Crippen molar-refractivity contribution in [2.24, 2.45) is 0 Å². The van der Waals surface area contributed by atoms with Gasteiger partial charge in [-0.25, -0.2) is 9.18 Å². The van der Waals surface area contributed by atoms with E-state index in [0.29, 0.717) is 24.2 Å². The summed E-state index contributed by atoms with van der Waals surface area (Å²) >= 11 is 0. The Morgan fingerprint density at radius 3 is 2.71 bits per heavy atom. The Balaban J connectivity index is 2.38. The average Bonchev–Trinajstić information content (AvgIpc) is 2.37. The Hall–Kier alpha value is -2.04. The molecule has 1 aromatic rings. The van der Waals surface area contributed by atoms with Gasteiger partial charge >= 0.3 is 6.09 Å². The molecule has 4 nitrogen and oxygen atoms in total. The fourth-order valence-corrected chi connectivity index (χ4v) is 2.26. The van der Waals surface area contributed by atoms with Gasteiger partial charge in [-0.1, -0.05) is 0 Å². The second-order valence-corrected chi connectivity index (χ2v) is 5.92. The van der Waals surface area contributed by atoms with Crippen LogP contribution in [0.25, 0.3) is 5.57 Å². The van der Waals surface area contributed by atoms with Gasteiger partial charge in [0.25, 0.3) is 0 Å². The van der Waals surface area contributed by atoms with E-state index >= 15 is 0 Å². The third-order valence-electron chi connectivity index (χ3n) is 3.07. The van der Waals surface area contributed by atoms with Crippen LogP contribution < -0.4 is 4.90 Å². The summed E-state index contributed by atoms with van der Waals surface area (Å²) in [6.07, 6.45) is 1.75. The first-order valence-electron chi connectivity index (χ1n) is 6.84. The van der Waals surface area contributed by atoms with Crippen LogP contribution in [0.15, 0.2) is 24.5 Å². The standard InChI is InChI=1S/C16H20FNO3/c1-16(2,3)21-15(19)18-8-7-11(10-20-4)13-9-12(17)5-6-14(13)18/h5-6,9-10H,7-8H2,1-4H3/b11-10+. The van der Waals surface area contributed by atoms with E-state index in [9.17, 15) is 9.18 Å². The molecule has 0 fully saturated rings. The number of nitrogens with zero attached hydrogens (tertiary/aromatic N) is 1. The number of rotatable bonds is 1. The van der Waals surface area contributed by atoms with E-state index in [1.54, 1.807) is 19.4 Å². The molecule has 1 aliphatic heterocycles. The van der Waals surface area contributed by atoms with Crippen molar-refractivity contribution in [3.05, 3.63) is 35.8 Å². The quantitative estimate of drug-likeness (QED) is 0.736. The lowest BCUT2D eigenvalue weighted by molar-refractivity contribution is 0.0580. The molecule has 0 aliphatic carbocycles. The molecule has 1 aliphatic rings. The van der Waals surface area contributed by atoms with Gasteiger partial charge in [0.15, 0.2) is 0 Å². The third-order valence-corrected chi connectivity index (χ3v) is 3.07. The molecule has 0 radical (unpaired) electrons. The van der Waals surface area contributed by atoms with Crippen LogP contribution in [-0.4, -0.2) is 25.3 Å². The van der Waals surface area contributed by atoms with Crippen LogP contribution in [0, 0.1) is 5.82 Å². The number of amides is 1. The lowest BCUT2D eigenvalue weighted by Gasteiger charge is -2.32. The predicted molar refractivity (Wildman–Crippen MR) is 79.6 cm³/mol. The lowest BCUT2D eigenvalue weighted by Crippen LogP contribution is -2.39. The van der Waals surface area contributed by atoms with Gasteiger partial charge in [0, 0.05) is 12.1 Å². The molecule has 2 rings (SSSR count). The summed E-state index contributed by atoms with van der Waals surface area (Å²) in [6, 6.07) is 4.35. The number of hydrogen-bond donors (Lipinski definition) is 0. The summed E-state index contributed by atoms with van der Waals surface area (Å²) in [5.41, 5.74) is 1.60. The second-order valence-electron chi connectivity index (χ2n) is 5.92. The number of carbonyl (C=O) groups excluding carboxylic acids is 1. The summed E-state index contributed by atoms with van der Waals surface area (Å²) < 4.78 is 23.9. The van der Waals surface area contributed by atoms with Crippen LogP contribution in [0.5, 0.6) is 0 Å². The number of methoxy groups -OCH3 is 1. The third kappa shape index (κ3) is 3.54. The van der Waals surface area contributed by atoms with Crippen molar-refractivity contribution >= 4 is 17.4 Å². The molecule has 5 heteroatoms. The van der Waals surface area contributed by atoms with Gasteiger partial charge in [-0.2, -0.15) is 0 Å². The molecule has 1 heterocycles. The minimum absolute atomic E-state index is 0.346. The minimum atomic E-state index is -0.570. The molecule has 0 unspecified atom stereocenters. The van der Waals surface area contributed by atoms with Crippen LogP contribution in [0.4, 0.5) is 14.9 Å². The van der Waals surface area contributed by atoms with E-state index in [1.807, 2.05) is 20.8 Å². The van der Waals surface area contributed by atoms with E-state index in [-0.39, 0.29) is 5.82 Å². The van der Waals surface area contributed by atoms with Crippen molar-refractivity contribution in [1.29, 1.82) is 0 Å². The number of fused-ring (bicyclic) bond motifs is 1. The molecule has 1 amide bonds. The summed E-state index contributed by atoms with van der Waals surface area (Å²) in [5, 5.41) is 0. The molecule has 0 atom stereocenters. The molecule has 0 spiro atoms. The van der Waals surface area contributed by atoms with Crippen LogP contribution in [-0.2, 0) is 9.47 Å². The van der Waals surface area contributed by atoms with Crippen molar-refractivity contribution in [3.63, 3.8) is 0 Å². The number of anilines is 1. The van der Waals surface area contributed by atoms with Crippen molar-refractivity contribution in [2.45, 2.75) is 32.8 Å². The SMILES string of the molecule is CO/C=C1\CCN(C(=O)OC(C)(C)C)c2ccc(F)cc21. The highest BCUT2D eigenvalue weighted by Crippen LogP contribution is 2.35. The van der Waals surface area contributed by atoms with Gasteiger partial charge in [0.1, 0.15) is 11.4 Å². The van der Waals surface area contributed by atoms with Gasteiger partial charge in [-0.05, 0) is 51.0 Å². The maximum atomic E-state index is 13.5. The number of benzene rings is 1. The number of carbonyl (C=O) groups is 1. The summed E-state index contributed by atoms with van der Waals surface area (Å²) in [5.74, 6) is -0.346. The molecule has 0 bridgehead atoms. The Kier molecular flexibility index (Phi) is 4.21. The van der Waals surface area contributed by atoms with E-state index in [4.69, 9.17) is 9.47 Å². The lowest BCUT2D eigenvalue weighted by atomic mass is 9.97. The number of halogens is 1. The van der Waals surface area contributed by atoms with E-state index < -0.39 is 11.7 Å². The fraction of sp³-hybridized carbons (Fsp3) is 0.438. The molecule has 0 saturated heterocycles. The summed E-state index contributed by atoms with van der Waals surface area (Å²) in [7, 11) is 1.55. The number of ether oxygens (including phenoxy) is 2. The van der Waals surface area contributed by atoms with Gasteiger partial charge in [-0.15, -0.1) is 0 Å². The van der Waals surface area contributed by atoms with Gasteiger partial charge in [0.2, 0.25) is 0 Å². The highest BCUT2D eigenvalue weighted by molar-refractivity contribution is 5.94. The molecule has 1 aromatic carbocycles. The molecule has 0 saturated carbocycles. The van der Waals surface area contributed by atoms with Crippen LogP contribution >= 0.6 is 0 Å². The first-order chi connectivity index (χ1) is 9.81. The Morgan fingerprint density at radius 1 is 1.38 bits per heavy atom. The van der Waals surface area contributed by atoms with Crippen molar-refractivity contribution < 1.29 is 18.7 Å².